The van der Waals surface area contributed by atoms with E-state index in [0.717, 1.165) is 31.4 Å². The van der Waals surface area contributed by atoms with Gasteiger partial charge in [-0.05, 0) is 38.0 Å². The molecule has 8 heteroatoms. The molecule has 1 aliphatic carbocycles. The molecule has 148 valence electrons. The standard InChI is InChI=1S/C18H28F2N2O3S/c1-2-13(17(23)26(24)25)14-7-10-22(16-6-4-3-5-15(14)16)21-11-8-18(19,20)9-12-21/h6,13-15H,2-5,7-12H2,1H3,(H,24,25). The van der Waals surface area contributed by atoms with Gasteiger partial charge < -0.3 is 9.56 Å². The third kappa shape index (κ3) is 4.02. The molecule has 4 unspecified atom stereocenters. The monoisotopic (exact) mass is 390 g/mol. The van der Waals surface area contributed by atoms with Crippen LogP contribution in [-0.4, -0.2) is 49.5 Å². The van der Waals surface area contributed by atoms with E-state index in [-0.39, 0.29) is 24.7 Å². The maximum Gasteiger partial charge on any atom is 0.250 e. The van der Waals surface area contributed by atoms with E-state index in [0.29, 0.717) is 26.1 Å². The molecule has 2 aliphatic heterocycles. The van der Waals surface area contributed by atoms with Gasteiger partial charge in [-0.1, -0.05) is 13.0 Å². The lowest BCUT2D eigenvalue weighted by Crippen LogP contribution is -2.54. The number of rotatable bonds is 4. The lowest BCUT2D eigenvalue weighted by Gasteiger charge is -2.51. The Balaban J connectivity index is 1.78. The maximum atomic E-state index is 13.5. The van der Waals surface area contributed by atoms with Gasteiger partial charge in [0.1, 0.15) is 0 Å². The minimum atomic E-state index is -2.57. The van der Waals surface area contributed by atoms with E-state index in [4.69, 9.17) is 0 Å². The largest absolute Gasteiger partial charge is 0.310 e. The molecule has 0 radical (unpaired) electrons. The zero-order chi connectivity index (χ0) is 18.9. The fraction of sp³-hybridized carbons (Fsp3) is 0.833. The van der Waals surface area contributed by atoms with Crippen molar-refractivity contribution in [2.45, 2.75) is 57.8 Å². The molecule has 3 aliphatic rings. The number of allylic oxidation sites excluding steroid dienone is 2. The summed E-state index contributed by atoms with van der Waals surface area (Å²) in [5.41, 5.74) is 1.13. The Morgan fingerprint density at radius 3 is 2.65 bits per heavy atom. The van der Waals surface area contributed by atoms with Crippen LogP contribution in [0, 0.1) is 17.8 Å². The van der Waals surface area contributed by atoms with E-state index in [1.54, 1.807) is 0 Å². The lowest BCUT2D eigenvalue weighted by atomic mass is 9.71. The van der Waals surface area contributed by atoms with Crippen LogP contribution in [0.15, 0.2) is 11.8 Å². The van der Waals surface area contributed by atoms with Crippen LogP contribution in [-0.2, 0) is 15.9 Å². The Bertz CT molecular complexity index is 589. The number of nitrogens with zero attached hydrogens (tertiary/aromatic N) is 2. The van der Waals surface area contributed by atoms with E-state index >= 15 is 0 Å². The summed E-state index contributed by atoms with van der Waals surface area (Å²) in [5.74, 6) is -2.77. The number of piperidine rings is 2. The van der Waals surface area contributed by atoms with Crippen LogP contribution in [0.5, 0.6) is 0 Å². The Morgan fingerprint density at radius 2 is 2.04 bits per heavy atom. The van der Waals surface area contributed by atoms with Gasteiger partial charge in [-0.15, -0.1) is 0 Å². The third-order valence-electron chi connectivity index (χ3n) is 6.19. The molecule has 0 amide bonds. The first-order chi connectivity index (χ1) is 12.3. The molecular formula is C18H28F2N2O3S. The summed E-state index contributed by atoms with van der Waals surface area (Å²) in [4.78, 5) is 12.2. The molecule has 5 nitrogen and oxygen atoms in total. The first-order valence-electron chi connectivity index (χ1n) is 9.59. The number of carbonyl (C=O) groups is 1. The number of fused-ring (bicyclic) bond motifs is 1. The van der Waals surface area contributed by atoms with Gasteiger partial charge in [-0.2, -0.15) is 0 Å². The molecule has 1 N–H and O–H groups in total. The Morgan fingerprint density at radius 1 is 1.35 bits per heavy atom. The van der Waals surface area contributed by atoms with Crippen LogP contribution in [0.2, 0.25) is 0 Å². The predicted octanol–water partition coefficient (Wildman–Crippen LogP) is 3.41. The summed E-state index contributed by atoms with van der Waals surface area (Å²) in [6, 6.07) is 0. The van der Waals surface area contributed by atoms with Crippen LogP contribution in [0.25, 0.3) is 0 Å². The van der Waals surface area contributed by atoms with Crippen molar-refractivity contribution in [2.24, 2.45) is 17.8 Å². The van der Waals surface area contributed by atoms with Gasteiger partial charge in [-0.3, -0.25) is 4.79 Å². The van der Waals surface area contributed by atoms with Crippen LogP contribution >= 0.6 is 0 Å². The smallest absolute Gasteiger partial charge is 0.250 e. The van der Waals surface area contributed by atoms with Gasteiger partial charge in [0, 0.05) is 50.0 Å². The maximum absolute atomic E-state index is 13.5. The van der Waals surface area contributed by atoms with Crippen LogP contribution in [0.1, 0.15) is 51.9 Å². The van der Waals surface area contributed by atoms with Gasteiger partial charge in [0.25, 0.3) is 5.92 Å². The molecule has 3 rings (SSSR count). The predicted molar refractivity (Wildman–Crippen MR) is 95.6 cm³/mol. The van der Waals surface area contributed by atoms with Crippen molar-refractivity contribution in [3.63, 3.8) is 0 Å². The zero-order valence-corrected chi connectivity index (χ0v) is 16.0. The average molecular weight is 390 g/mol. The van der Waals surface area contributed by atoms with Gasteiger partial charge in [0.2, 0.25) is 16.2 Å². The Hall–Kier alpha value is -0.860. The van der Waals surface area contributed by atoms with Gasteiger partial charge in [0.15, 0.2) is 0 Å². The first-order valence-corrected chi connectivity index (χ1v) is 10.7. The molecule has 0 saturated carbocycles. The van der Waals surface area contributed by atoms with E-state index in [1.165, 1.54) is 0 Å². The number of halogens is 2. The van der Waals surface area contributed by atoms with Crippen LogP contribution in [0.3, 0.4) is 0 Å². The van der Waals surface area contributed by atoms with Crippen molar-refractivity contribution in [1.82, 2.24) is 10.0 Å². The fourth-order valence-electron chi connectivity index (χ4n) is 4.84. The summed E-state index contributed by atoms with van der Waals surface area (Å²) in [6.45, 7) is 3.26. The molecular weight excluding hydrogens is 362 g/mol. The van der Waals surface area contributed by atoms with Gasteiger partial charge in [0.05, 0.1) is 0 Å². The number of hydrogen-bond acceptors (Lipinski definition) is 4. The molecule has 2 saturated heterocycles. The van der Waals surface area contributed by atoms with Crippen molar-refractivity contribution in [1.29, 1.82) is 0 Å². The summed E-state index contributed by atoms with van der Waals surface area (Å²) >= 11 is -2.44. The van der Waals surface area contributed by atoms with Crippen LogP contribution in [0.4, 0.5) is 8.78 Å². The second-order valence-corrected chi connectivity index (χ2v) is 8.54. The molecule has 0 aromatic heterocycles. The van der Waals surface area contributed by atoms with E-state index in [1.807, 2.05) is 11.9 Å². The highest BCUT2D eigenvalue weighted by atomic mass is 32.2. The molecule has 2 heterocycles. The SMILES string of the molecule is CCC(C(=O)S(=O)O)C1CCN(N2CCC(F)(F)CC2)C2=CCCCC21. The molecule has 0 bridgehead atoms. The number of hydrazine groups is 1. The summed E-state index contributed by atoms with van der Waals surface area (Å²) in [5, 5.41) is 3.61. The van der Waals surface area contributed by atoms with Gasteiger partial charge in [-0.25, -0.2) is 18.0 Å². The highest BCUT2D eigenvalue weighted by Crippen LogP contribution is 2.45. The third-order valence-corrected chi connectivity index (χ3v) is 6.83. The van der Waals surface area contributed by atoms with Crippen molar-refractivity contribution < 1.29 is 22.3 Å². The minimum absolute atomic E-state index is 0.0534. The Kier molecular flexibility index (Phi) is 6.14. The lowest BCUT2D eigenvalue weighted by molar-refractivity contribution is -0.127. The van der Waals surface area contributed by atoms with E-state index in [9.17, 15) is 22.3 Å². The summed E-state index contributed by atoms with van der Waals surface area (Å²) in [6.07, 6.45) is 6.17. The van der Waals surface area contributed by atoms with E-state index < -0.39 is 28.0 Å². The molecule has 26 heavy (non-hydrogen) atoms. The Labute approximate surface area is 156 Å². The van der Waals surface area contributed by atoms with Crippen molar-refractivity contribution in [3.05, 3.63) is 11.8 Å². The highest BCUT2D eigenvalue weighted by molar-refractivity contribution is 7.95. The zero-order valence-electron chi connectivity index (χ0n) is 15.2. The average Bonchev–Trinajstić information content (AvgIpc) is 2.62. The molecule has 0 spiro atoms. The fourth-order valence-corrected chi connectivity index (χ4v) is 5.44. The summed E-state index contributed by atoms with van der Waals surface area (Å²) in [7, 11) is 0. The minimum Gasteiger partial charge on any atom is -0.310 e. The van der Waals surface area contributed by atoms with Crippen molar-refractivity contribution in [2.75, 3.05) is 19.6 Å². The number of hydrogen-bond donors (Lipinski definition) is 1. The van der Waals surface area contributed by atoms with Crippen LogP contribution < -0.4 is 0 Å². The molecule has 4 atom stereocenters. The first kappa shape index (κ1) is 19.9. The molecule has 0 aromatic carbocycles. The second kappa shape index (κ2) is 8.02. The number of alkyl halides is 2. The normalized spacial score (nSPS) is 31.7. The van der Waals surface area contributed by atoms with Crippen molar-refractivity contribution >= 4 is 16.2 Å². The highest BCUT2D eigenvalue weighted by Gasteiger charge is 2.44. The number of carbonyl (C=O) groups excluding carboxylic acids is 1. The molecule has 2 fully saturated rings. The topological polar surface area (TPSA) is 60.9 Å². The van der Waals surface area contributed by atoms with Gasteiger partial charge >= 0.3 is 0 Å². The second-order valence-electron chi connectivity index (χ2n) is 7.63. The quantitative estimate of drug-likeness (QED) is 0.746. The molecule has 0 aromatic rings. The summed E-state index contributed by atoms with van der Waals surface area (Å²) < 4.78 is 47.6. The van der Waals surface area contributed by atoms with E-state index in [2.05, 4.69) is 11.1 Å². The van der Waals surface area contributed by atoms with Crippen molar-refractivity contribution in [3.8, 4) is 0 Å².